The van der Waals surface area contributed by atoms with Gasteiger partial charge in [-0.2, -0.15) is 0 Å². The van der Waals surface area contributed by atoms with Crippen molar-refractivity contribution >= 4 is 34.6 Å². The molecule has 0 atom stereocenters. The molecule has 0 aliphatic heterocycles. The summed E-state index contributed by atoms with van der Waals surface area (Å²) in [6.07, 6.45) is 0.702. The third-order valence-electron chi connectivity index (χ3n) is 2.17. The maximum Gasteiger partial charge on any atom is 0.217 e. The van der Waals surface area contributed by atoms with Crippen LogP contribution >= 0.6 is 11.6 Å². The zero-order valence-corrected chi connectivity index (χ0v) is 9.85. The van der Waals surface area contributed by atoms with Crippen LogP contribution in [-0.2, 0) is 4.79 Å². The quantitative estimate of drug-likeness (QED) is 0.473. The summed E-state index contributed by atoms with van der Waals surface area (Å²) in [6.45, 7) is 0.365. The molecule has 17 heavy (non-hydrogen) atoms. The van der Waals surface area contributed by atoms with Gasteiger partial charge in [-0.25, -0.2) is 4.39 Å². The maximum absolute atomic E-state index is 13.7. The predicted molar refractivity (Wildman–Crippen MR) is 67.2 cm³/mol. The van der Waals surface area contributed by atoms with Crippen molar-refractivity contribution in [2.75, 3.05) is 23.3 Å². The van der Waals surface area contributed by atoms with Gasteiger partial charge in [-0.15, -0.1) is 0 Å². The van der Waals surface area contributed by atoms with E-state index in [2.05, 4.69) is 5.32 Å². The molecule has 1 rings (SSSR count). The normalized spacial score (nSPS) is 10.2. The van der Waals surface area contributed by atoms with Gasteiger partial charge in [-0.05, 0) is 12.5 Å². The molecule has 0 unspecified atom stereocenters. The molecule has 0 heterocycles. The molecule has 1 aromatic carbocycles. The van der Waals surface area contributed by atoms with Gasteiger partial charge in [0.05, 0.1) is 17.1 Å². The third kappa shape index (κ3) is 3.39. The van der Waals surface area contributed by atoms with E-state index in [9.17, 15) is 9.18 Å². The van der Waals surface area contributed by atoms with Crippen LogP contribution in [-0.4, -0.2) is 12.5 Å². The molecule has 7 N–H and O–H groups in total. The van der Waals surface area contributed by atoms with E-state index in [1.54, 1.807) is 0 Å². The number of amides is 1. The molecule has 0 saturated carbocycles. The minimum atomic E-state index is -0.691. The highest BCUT2D eigenvalue weighted by molar-refractivity contribution is 6.33. The van der Waals surface area contributed by atoms with Gasteiger partial charge in [0.15, 0.2) is 5.82 Å². The number of nitrogen functional groups attached to an aromatic ring is 2. The van der Waals surface area contributed by atoms with Crippen LogP contribution in [0.1, 0.15) is 12.8 Å². The van der Waals surface area contributed by atoms with Crippen molar-refractivity contribution in [3.8, 4) is 0 Å². The van der Waals surface area contributed by atoms with Gasteiger partial charge in [-0.3, -0.25) is 4.79 Å². The van der Waals surface area contributed by atoms with Crippen LogP contribution in [0.5, 0.6) is 0 Å². The van der Waals surface area contributed by atoms with Gasteiger partial charge in [0, 0.05) is 13.0 Å². The Morgan fingerprint density at radius 2 is 2.06 bits per heavy atom. The van der Waals surface area contributed by atoms with Gasteiger partial charge in [-0.1, -0.05) is 11.6 Å². The highest BCUT2D eigenvalue weighted by Crippen LogP contribution is 2.33. The molecular formula is C10H14ClFN4O. The molecule has 0 radical (unpaired) electrons. The predicted octanol–water partition coefficient (Wildman–Crippen LogP) is 1.32. The van der Waals surface area contributed by atoms with Crippen molar-refractivity contribution in [1.82, 2.24) is 0 Å². The fraction of sp³-hybridized carbons (Fsp3) is 0.300. The number of rotatable bonds is 5. The molecule has 0 aliphatic rings. The van der Waals surface area contributed by atoms with E-state index in [0.29, 0.717) is 13.0 Å². The van der Waals surface area contributed by atoms with E-state index >= 15 is 0 Å². The van der Waals surface area contributed by atoms with Crippen molar-refractivity contribution in [3.63, 3.8) is 0 Å². The molecule has 0 saturated heterocycles. The van der Waals surface area contributed by atoms with E-state index in [1.807, 2.05) is 0 Å². The molecule has 0 fully saturated rings. The maximum atomic E-state index is 13.7. The number of nitrogens with one attached hydrogen (secondary N) is 1. The van der Waals surface area contributed by atoms with Crippen LogP contribution in [0.3, 0.4) is 0 Å². The number of halogens is 2. The second kappa shape index (κ2) is 5.58. The van der Waals surface area contributed by atoms with Crippen molar-refractivity contribution in [3.05, 3.63) is 16.9 Å². The lowest BCUT2D eigenvalue weighted by molar-refractivity contribution is -0.118. The number of primary amides is 1. The van der Waals surface area contributed by atoms with E-state index < -0.39 is 11.7 Å². The van der Waals surface area contributed by atoms with Crippen molar-refractivity contribution in [2.45, 2.75) is 12.8 Å². The Balaban J connectivity index is 2.71. The van der Waals surface area contributed by atoms with Crippen LogP contribution < -0.4 is 22.5 Å². The molecule has 94 valence electrons. The van der Waals surface area contributed by atoms with Gasteiger partial charge >= 0.3 is 0 Å². The molecule has 0 aliphatic carbocycles. The number of benzene rings is 1. The molecule has 0 spiro atoms. The molecule has 5 nitrogen and oxygen atoms in total. The SMILES string of the molecule is NC(=O)CCCNc1c(N)cc(N)c(Cl)c1F. The number of nitrogens with two attached hydrogens (primary N) is 3. The lowest BCUT2D eigenvalue weighted by Gasteiger charge is -2.12. The summed E-state index contributed by atoms with van der Waals surface area (Å²) in [5.41, 5.74) is 16.4. The van der Waals surface area contributed by atoms with Gasteiger partial charge in [0.25, 0.3) is 0 Å². The van der Waals surface area contributed by atoms with Gasteiger partial charge in [0.1, 0.15) is 5.02 Å². The number of carbonyl (C=O) groups is 1. The first kappa shape index (κ1) is 13.4. The minimum Gasteiger partial charge on any atom is -0.397 e. The van der Waals surface area contributed by atoms with E-state index in [0.717, 1.165) is 0 Å². The Labute approximate surface area is 103 Å². The first-order valence-corrected chi connectivity index (χ1v) is 5.36. The largest absolute Gasteiger partial charge is 0.397 e. The van der Waals surface area contributed by atoms with Crippen molar-refractivity contribution in [2.24, 2.45) is 5.73 Å². The smallest absolute Gasteiger partial charge is 0.217 e. The van der Waals surface area contributed by atoms with Crippen LogP contribution in [0.25, 0.3) is 0 Å². The number of anilines is 3. The Hall–Kier alpha value is -1.69. The van der Waals surface area contributed by atoms with Crippen LogP contribution in [0, 0.1) is 5.82 Å². The van der Waals surface area contributed by atoms with Crippen molar-refractivity contribution in [1.29, 1.82) is 0 Å². The zero-order valence-electron chi connectivity index (χ0n) is 9.09. The summed E-state index contributed by atoms with van der Waals surface area (Å²) in [6, 6.07) is 1.38. The van der Waals surface area contributed by atoms with E-state index in [4.69, 9.17) is 28.8 Å². The third-order valence-corrected chi connectivity index (χ3v) is 2.55. The molecule has 0 aromatic heterocycles. The van der Waals surface area contributed by atoms with Crippen LogP contribution in [0.15, 0.2) is 6.07 Å². The Morgan fingerprint density at radius 3 is 2.65 bits per heavy atom. The summed E-state index contributed by atoms with van der Waals surface area (Å²) in [5.74, 6) is -1.10. The number of hydrogen-bond donors (Lipinski definition) is 4. The average Bonchev–Trinajstić information content (AvgIpc) is 2.24. The van der Waals surface area contributed by atoms with Crippen molar-refractivity contribution < 1.29 is 9.18 Å². The second-order valence-electron chi connectivity index (χ2n) is 3.55. The molecule has 7 heteroatoms. The second-order valence-corrected chi connectivity index (χ2v) is 3.93. The van der Waals surface area contributed by atoms with Gasteiger partial charge < -0.3 is 22.5 Å². The molecule has 1 aromatic rings. The fourth-order valence-corrected chi connectivity index (χ4v) is 1.47. The fourth-order valence-electron chi connectivity index (χ4n) is 1.32. The highest BCUT2D eigenvalue weighted by atomic mass is 35.5. The van der Waals surface area contributed by atoms with Crippen LogP contribution in [0.2, 0.25) is 5.02 Å². The lowest BCUT2D eigenvalue weighted by Crippen LogP contribution is -2.13. The zero-order chi connectivity index (χ0) is 13.0. The van der Waals surface area contributed by atoms with E-state index in [1.165, 1.54) is 6.07 Å². The van der Waals surface area contributed by atoms with E-state index in [-0.39, 0.29) is 28.5 Å². The lowest BCUT2D eigenvalue weighted by atomic mass is 10.2. The molecular weight excluding hydrogens is 247 g/mol. The standard InChI is InChI=1S/C10H14ClFN4O/c11-8-5(13)4-6(14)10(9(8)12)16-3-1-2-7(15)17/h4,16H,1-3,13-14H2,(H2,15,17). The Morgan fingerprint density at radius 1 is 1.41 bits per heavy atom. The monoisotopic (exact) mass is 260 g/mol. The van der Waals surface area contributed by atoms with Gasteiger partial charge in [0.2, 0.25) is 5.91 Å². The molecule has 0 bridgehead atoms. The summed E-state index contributed by atoms with van der Waals surface area (Å²) in [7, 11) is 0. The molecule has 1 amide bonds. The topological polar surface area (TPSA) is 107 Å². The van der Waals surface area contributed by atoms with Crippen LogP contribution in [0.4, 0.5) is 21.5 Å². The summed E-state index contributed by atoms with van der Waals surface area (Å²) in [4.78, 5) is 10.5. The Bertz CT molecular complexity index is 439. The number of carbonyl (C=O) groups excluding carboxylic acids is 1. The summed E-state index contributed by atoms with van der Waals surface area (Å²) < 4.78 is 13.7. The summed E-state index contributed by atoms with van der Waals surface area (Å²) in [5, 5.41) is 2.59. The first-order valence-electron chi connectivity index (χ1n) is 4.98. The average molecular weight is 261 g/mol. The first-order chi connectivity index (χ1) is 7.93. The highest BCUT2D eigenvalue weighted by Gasteiger charge is 2.13. The summed E-state index contributed by atoms with van der Waals surface area (Å²) >= 11 is 5.65. The Kier molecular flexibility index (Phi) is 4.39. The number of hydrogen-bond acceptors (Lipinski definition) is 4. The minimum absolute atomic E-state index is 0.0874.